The van der Waals surface area contributed by atoms with Gasteiger partial charge in [0, 0.05) is 24.2 Å². The first kappa shape index (κ1) is 23.9. The molecule has 176 valence electrons. The number of nitrogens with one attached hydrogen (secondary N) is 1. The number of rotatable bonds is 6. The van der Waals surface area contributed by atoms with Crippen molar-refractivity contribution in [3.8, 4) is 0 Å². The second kappa shape index (κ2) is 9.16. The number of H-pyrrole nitrogens is 1. The van der Waals surface area contributed by atoms with Crippen LogP contribution in [0.3, 0.4) is 0 Å². The lowest BCUT2D eigenvalue weighted by Gasteiger charge is -2.24. The predicted molar refractivity (Wildman–Crippen MR) is 133 cm³/mol. The minimum absolute atomic E-state index is 0.000659. The van der Waals surface area contributed by atoms with Crippen LogP contribution in [0.4, 0.5) is 4.39 Å². The summed E-state index contributed by atoms with van der Waals surface area (Å²) in [4.78, 5) is 16.0. The lowest BCUT2D eigenvalue weighted by Crippen LogP contribution is -2.33. The zero-order valence-corrected chi connectivity index (χ0v) is 20.5. The highest BCUT2D eigenvalue weighted by atomic mass is 32.2. The van der Waals surface area contributed by atoms with Crippen LogP contribution in [0.1, 0.15) is 33.4 Å². The molecule has 0 saturated heterocycles. The predicted octanol–water partition coefficient (Wildman–Crippen LogP) is 5.29. The minimum Gasteiger partial charge on any atom is -0.322 e. The number of benzene rings is 3. The van der Waals surface area contributed by atoms with E-state index in [2.05, 4.69) is 4.98 Å². The van der Waals surface area contributed by atoms with Crippen molar-refractivity contribution in [1.82, 2.24) is 9.29 Å². The lowest BCUT2D eigenvalue weighted by molar-refractivity contribution is 0.399. The smallest absolute Gasteiger partial charge is 0.252 e. The zero-order chi connectivity index (χ0) is 24.6. The third-order valence-electron chi connectivity index (χ3n) is 5.90. The Balaban J connectivity index is 1.83. The molecule has 0 saturated carbocycles. The van der Waals surface area contributed by atoms with Gasteiger partial charge in [-0.25, -0.2) is 12.8 Å². The summed E-state index contributed by atoms with van der Waals surface area (Å²) in [6, 6.07) is 16.8. The molecule has 0 aliphatic heterocycles. The van der Waals surface area contributed by atoms with Crippen molar-refractivity contribution in [2.45, 2.75) is 45.7 Å². The second-order valence-corrected chi connectivity index (χ2v) is 10.7. The van der Waals surface area contributed by atoms with Crippen LogP contribution in [0.25, 0.3) is 10.9 Å². The van der Waals surface area contributed by atoms with Crippen molar-refractivity contribution in [2.75, 3.05) is 0 Å². The highest BCUT2D eigenvalue weighted by Gasteiger charge is 2.29. The Labute approximate surface area is 198 Å². The van der Waals surface area contributed by atoms with Gasteiger partial charge in [-0.15, -0.1) is 0 Å². The molecule has 0 bridgehead atoms. The molecule has 0 spiro atoms. The summed E-state index contributed by atoms with van der Waals surface area (Å²) in [5, 5.41) is 0.830. The van der Waals surface area contributed by atoms with Gasteiger partial charge >= 0.3 is 0 Å². The first-order chi connectivity index (χ1) is 16.0. The van der Waals surface area contributed by atoms with Crippen LogP contribution < -0.4 is 5.56 Å². The fraction of sp³-hybridized carbons (Fsp3) is 0.222. The average Bonchev–Trinajstić information content (AvgIpc) is 2.74. The molecule has 1 aromatic heterocycles. The third-order valence-corrected chi connectivity index (χ3v) is 8.00. The monoisotopic (exact) mass is 478 g/mol. The number of fused-ring (bicyclic) bond motifs is 1. The van der Waals surface area contributed by atoms with Gasteiger partial charge in [0.15, 0.2) is 0 Å². The molecule has 0 unspecified atom stereocenters. The topological polar surface area (TPSA) is 70.2 Å². The molecular formula is C27H27FN2O3S. The van der Waals surface area contributed by atoms with Gasteiger partial charge in [-0.3, -0.25) is 4.79 Å². The third kappa shape index (κ3) is 4.81. The normalized spacial score (nSPS) is 11.9. The van der Waals surface area contributed by atoms with Crippen molar-refractivity contribution in [3.05, 3.63) is 110 Å². The number of pyridine rings is 1. The summed E-state index contributed by atoms with van der Waals surface area (Å²) in [5.74, 6) is -0.398. The Kier molecular flexibility index (Phi) is 6.43. The van der Waals surface area contributed by atoms with Gasteiger partial charge in [0.1, 0.15) is 5.82 Å². The van der Waals surface area contributed by atoms with Crippen LogP contribution in [0.2, 0.25) is 0 Å². The van der Waals surface area contributed by atoms with Gasteiger partial charge in [0.25, 0.3) is 5.56 Å². The number of nitrogens with zero attached hydrogens (tertiary/aromatic N) is 1. The summed E-state index contributed by atoms with van der Waals surface area (Å²) in [5.41, 5.74) is 4.61. The van der Waals surface area contributed by atoms with Gasteiger partial charge in [-0.2, -0.15) is 4.31 Å². The van der Waals surface area contributed by atoms with E-state index in [4.69, 9.17) is 0 Å². The molecule has 0 aliphatic rings. The zero-order valence-electron chi connectivity index (χ0n) is 19.6. The quantitative estimate of drug-likeness (QED) is 0.409. The Hall–Kier alpha value is -3.29. The van der Waals surface area contributed by atoms with E-state index in [1.54, 1.807) is 32.0 Å². The van der Waals surface area contributed by atoms with Crippen LogP contribution >= 0.6 is 0 Å². The summed E-state index contributed by atoms with van der Waals surface area (Å²) >= 11 is 0. The Morgan fingerprint density at radius 3 is 2.12 bits per heavy atom. The molecule has 4 rings (SSSR count). The van der Waals surface area contributed by atoms with E-state index in [0.29, 0.717) is 27.8 Å². The van der Waals surface area contributed by atoms with E-state index in [-0.39, 0.29) is 23.5 Å². The standard InChI is InChI=1S/C27H27FN2O3S/c1-17-5-10-25-22(13-17)14-23(27(31)29-25)16-30(15-21-6-8-24(28)9-7-21)34(32,33)26-19(3)11-18(2)12-20(26)4/h5-14H,15-16H2,1-4H3,(H,29,31). The van der Waals surface area contributed by atoms with Crippen molar-refractivity contribution in [2.24, 2.45) is 0 Å². The van der Waals surface area contributed by atoms with E-state index in [9.17, 15) is 17.6 Å². The fourth-order valence-corrected chi connectivity index (χ4v) is 6.22. The molecule has 3 aromatic carbocycles. The number of halogens is 1. The van der Waals surface area contributed by atoms with Crippen LogP contribution in [-0.2, 0) is 23.1 Å². The van der Waals surface area contributed by atoms with Crippen molar-refractivity contribution >= 4 is 20.9 Å². The molecule has 1 heterocycles. The maximum atomic E-state index is 13.9. The van der Waals surface area contributed by atoms with Gasteiger partial charge in [-0.1, -0.05) is 41.5 Å². The van der Waals surface area contributed by atoms with Gasteiger partial charge in [0.2, 0.25) is 10.0 Å². The molecule has 1 N–H and O–H groups in total. The largest absolute Gasteiger partial charge is 0.322 e. The number of aryl methyl sites for hydroxylation is 4. The number of hydrogen-bond acceptors (Lipinski definition) is 3. The van der Waals surface area contributed by atoms with Gasteiger partial charge in [0.05, 0.1) is 4.90 Å². The number of aromatic nitrogens is 1. The SMILES string of the molecule is Cc1cc(C)c(S(=O)(=O)N(Cc2ccc(F)cc2)Cc2cc3cc(C)ccc3[nH]c2=O)c(C)c1. The Bertz CT molecular complexity index is 1520. The summed E-state index contributed by atoms with van der Waals surface area (Å²) in [6.45, 7) is 7.30. The molecular weight excluding hydrogens is 451 g/mol. The van der Waals surface area contributed by atoms with Crippen LogP contribution in [0.15, 0.2) is 70.4 Å². The molecule has 4 aromatic rings. The first-order valence-corrected chi connectivity index (χ1v) is 12.4. The number of sulfonamides is 1. The maximum absolute atomic E-state index is 13.9. The summed E-state index contributed by atoms with van der Waals surface area (Å²) in [7, 11) is -3.98. The molecule has 34 heavy (non-hydrogen) atoms. The Morgan fingerprint density at radius 2 is 1.47 bits per heavy atom. The average molecular weight is 479 g/mol. The Morgan fingerprint density at radius 1 is 0.824 bits per heavy atom. The molecule has 0 aliphatic carbocycles. The molecule has 7 heteroatoms. The highest BCUT2D eigenvalue weighted by molar-refractivity contribution is 7.89. The molecule has 0 atom stereocenters. The number of hydrogen-bond donors (Lipinski definition) is 1. The lowest BCUT2D eigenvalue weighted by atomic mass is 10.1. The van der Waals surface area contributed by atoms with E-state index in [1.165, 1.54) is 16.4 Å². The number of aromatic amines is 1. The van der Waals surface area contributed by atoms with E-state index >= 15 is 0 Å². The molecule has 5 nitrogen and oxygen atoms in total. The van der Waals surface area contributed by atoms with E-state index in [0.717, 1.165) is 16.5 Å². The van der Waals surface area contributed by atoms with E-state index < -0.39 is 15.8 Å². The van der Waals surface area contributed by atoms with Crippen LogP contribution in [-0.4, -0.2) is 17.7 Å². The van der Waals surface area contributed by atoms with E-state index in [1.807, 2.05) is 44.2 Å². The van der Waals surface area contributed by atoms with Gasteiger partial charge < -0.3 is 4.98 Å². The van der Waals surface area contributed by atoms with Crippen molar-refractivity contribution < 1.29 is 12.8 Å². The van der Waals surface area contributed by atoms with Gasteiger partial charge in [-0.05, 0) is 80.1 Å². The minimum atomic E-state index is -3.98. The summed E-state index contributed by atoms with van der Waals surface area (Å²) < 4.78 is 42.6. The first-order valence-electron chi connectivity index (χ1n) is 11.0. The van der Waals surface area contributed by atoms with Crippen molar-refractivity contribution in [3.63, 3.8) is 0 Å². The van der Waals surface area contributed by atoms with Crippen LogP contribution in [0, 0.1) is 33.5 Å². The molecule has 0 radical (unpaired) electrons. The molecule has 0 fully saturated rings. The maximum Gasteiger partial charge on any atom is 0.252 e. The summed E-state index contributed by atoms with van der Waals surface area (Å²) in [6.07, 6.45) is 0. The highest BCUT2D eigenvalue weighted by Crippen LogP contribution is 2.28. The van der Waals surface area contributed by atoms with Crippen LogP contribution in [0.5, 0.6) is 0 Å². The molecule has 0 amide bonds. The van der Waals surface area contributed by atoms with Crippen molar-refractivity contribution in [1.29, 1.82) is 0 Å². The second-order valence-electron chi connectivity index (χ2n) is 8.84. The fourth-order valence-electron chi connectivity index (χ4n) is 4.40.